The van der Waals surface area contributed by atoms with Crippen molar-refractivity contribution in [2.75, 3.05) is 33.7 Å². The van der Waals surface area contributed by atoms with Gasteiger partial charge in [-0.05, 0) is 58.7 Å². The second-order valence-corrected chi connectivity index (χ2v) is 7.49. The van der Waals surface area contributed by atoms with Crippen molar-refractivity contribution < 1.29 is 0 Å². The van der Waals surface area contributed by atoms with Crippen molar-refractivity contribution in [2.45, 2.75) is 65.0 Å². The summed E-state index contributed by atoms with van der Waals surface area (Å²) in [5.74, 6) is 0. The molecule has 3 heteroatoms. The number of hydrogen-bond acceptors (Lipinski definition) is 3. The summed E-state index contributed by atoms with van der Waals surface area (Å²) in [6, 6.07) is 0.574. The Kier molecular flexibility index (Phi) is 5.84. The zero-order valence-electron chi connectivity index (χ0n) is 14.0. The highest BCUT2D eigenvalue weighted by molar-refractivity contribution is 4.99. The number of likely N-dealkylation sites (N-methyl/N-ethyl adjacent to an activating group) is 2. The van der Waals surface area contributed by atoms with E-state index in [-0.39, 0.29) is 5.54 Å². The molecule has 2 N–H and O–H groups in total. The molecule has 0 saturated heterocycles. The summed E-state index contributed by atoms with van der Waals surface area (Å²) >= 11 is 0. The van der Waals surface area contributed by atoms with Crippen LogP contribution in [0.3, 0.4) is 0 Å². The second kappa shape index (κ2) is 6.55. The summed E-state index contributed by atoms with van der Waals surface area (Å²) in [7, 11) is 4.31. The molecule has 1 aliphatic rings. The van der Waals surface area contributed by atoms with Crippen molar-refractivity contribution >= 4 is 0 Å². The number of nitrogens with zero attached hydrogens (tertiary/aromatic N) is 2. The Balaban J connectivity index is 2.81. The van der Waals surface area contributed by atoms with Gasteiger partial charge in [0, 0.05) is 24.7 Å². The van der Waals surface area contributed by atoms with E-state index in [0.717, 1.165) is 19.6 Å². The molecule has 0 amide bonds. The van der Waals surface area contributed by atoms with Gasteiger partial charge in [-0.3, -0.25) is 4.90 Å². The van der Waals surface area contributed by atoms with Gasteiger partial charge in [0.15, 0.2) is 0 Å². The predicted octanol–water partition coefficient (Wildman–Crippen LogP) is 2.56. The molecule has 19 heavy (non-hydrogen) atoms. The van der Waals surface area contributed by atoms with Gasteiger partial charge in [-0.15, -0.1) is 0 Å². The Bertz CT molecular complexity index is 263. The lowest BCUT2D eigenvalue weighted by atomic mass is 9.68. The van der Waals surface area contributed by atoms with Crippen LogP contribution in [0, 0.1) is 5.41 Å². The van der Waals surface area contributed by atoms with Crippen molar-refractivity contribution in [3.05, 3.63) is 0 Å². The summed E-state index contributed by atoms with van der Waals surface area (Å²) in [5.41, 5.74) is 6.96. The van der Waals surface area contributed by atoms with Gasteiger partial charge in [-0.1, -0.05) is 20.8 Å². The maximum atomic E-state index is 6.22. The number of rotatable bonds is 6. The molecule has 1 unspecified atom stereocenters. The molecule has 0 heterocycles. The molecule has 3 nitrogen and oxygen atoms in total. The normalized spacial score (nSPS) is 23.8. The Morgan fingerprint density at radius 1 is 1.11 bits per heavy atom. The lowest BCUT2D eigenvalue weighted by molar-refractivity contribution is -0.00487. The van der Waals surface area contributed by atoms with Gasteiger partial charge in [-0.25, -0.2) is 0 Å². The van der Waals surface area contributed by atoms with Gasteiger partial charge in [0.2, 0.25) is 0 Å². The Morgan fingerprint density at radius 3 is 2.00 bits per heavy atom. The molecular formula is C16H35N3. The lowest BCUT2D eigenvalue weighted by Crippen LogP contribution is -2.60. The van der Waals surface area contributed by atoms with Crippen LogP contribution < -0.4 is 5.73 Å². The van der Waals surface area contributed by atoms with Crippen LogP contribution in [-0.2, 0) is 0 Å². The molecule has 0 bridgehead atoms. The molecule has 0 aromatic heterocycles. The van der Waals surface area contributed by atoms with E-state index in [0.29, 0.717) is 11.5 Å². The van der Waals surface area contributed by atoms with Crippen molar-refractivity contribution in [3.63, 3.8) is 0 Å². The Labute approximate surface area is 120 Å². The van der Waals surface area contributed by atoms with E-state index in [4.69, 9.17) is 5.73 Å². The Hall–Kier alpha value is -0.120. The van der Waals surface area contributed by atoms with E-state index in [1.54, 1.807) is 0 Å². The molecule has 1 aliphatic carbocycles. The van der Waals surface area contributed by atoms with Gasteiger partial charge < -0.3 is 10.6 Å². The quantitative estimate of drug-likeness (QED) is 0.804. The number of nitrogens with two attached hydrogens (primary N) is 1. The van der Waals surface area contributed by atoms with Crippen molar-refractivity contribution in [1.82, 2.24) is 9.80 Å². The molecule has 1 atom stereocenters. The van der Waals surface area contributed by atoms with Crippen LogP contribution in [0.4, 0.5) is 0 Å². The van der Waals surface area contributed by atoms with Crippen LogP contribution in [0.15, 0.2) is 0 Å². The van der Waals surface area contributed by atoms with Crippen LogP contribution in [0.5, 0.6) is 0 Å². The maximum absolute atomic E-state index is 6.22. The predicted molar refractivity (Wildman–Crippen MR) is 84.4 cm³/mol. The maximum Gasteiger partial charge on any atom is 0.0335 e. The van der Waals surface area contributed by atoms with E-state index in [2.05, 4.69) is 51.6 Å². The van der Waals surface area contributed by atoms with Crippen LogP contribution in [-0.4, -0.2) is 55.1 Å². The largest absolute Gasteiger partial charge is 0.329 e. The first-order valence-electron chi connectivity index (χ1n) is 7.88. The topological polar surface area (TPSA) is 32.5 Å². The summed E-state index contributed by atoms with van der Waals surface area (Å²) in [5, 5.41) is 0. The van der Waals surface area contributed by atoms with E-state index >= 15 is 0 Å². The van der Waals surface area contributed by atoms with Crippen LogP contribution >= 0.6 is 0 Å². The molecule has 0 aromatic carbocycles. The fraction of sp³-hybridized carbons (Fsp3) is 1.00. The van der Waals surface area contributed by atoms with Gasteiger partial charge in [0.05, 0.1) is 0 Å². The smallest absolute Gasteiger partial charge is 0.0335 e. The molecule has 114 valence electrons. The Morgan fingerprint density at radius 2 is 1.63 bits per heavy atom. The van der Waals surface area contributed by atoms with Crippen molar-refractivity contribution in [3.8, 4) is 0 Å². The highest BCUT2D eigenvalue weighted by atomic mass is 15.3. The first kappa shape index (κ1) is 16.9. The molecular weight excluding hydrogens is 234 g/mol. The fourth-order valence-corrected chi connectivity index (χ4v) is 3.74. The molecule has 1 rings (SSSR count). The molecule has 1 fully saturated rings. The minimum absolute atomic E-state index is 0.236. The van der Waals surface area contributed by atoms with Crippen LogP contribution in [0.25, 0.3) is 0 Å². The average Bonchev–Trinajstić information content (AvgIpc) is 2.31. The molecule has 0 spiro atoms. The first-order valence-corrected chi connectivity index (χ1v) is 7.88. The van der Waals surface area contributed by atoms with Gasteiger partial charge in [0.25, 0.3) is 0 Å². The van der Waals surface area contributed by atoms with E-state index in [9.17, 15) is 0 Å². The summed E-state index contributed by atoms with van der Waals surface area (Å²) in [4.78, 5) is 4.95. The van der Waals surface area contributed by atoms with E-state index in [1.807, 2.05) is 0 Å². The van der Waals surface area contributed by atoms with Gasteiger partial charge in [-0.2, -0.15) is 0 Å². The minimum Gasteiger partial charge on any atom is -0.329 e. The third kappa shape index (κ3) is 4.17. The molecule has 0 aliphatic heterocycles. The van der Waals surface area contributed by atoms with Gasteiger partial charge >= 0.3 is 0 Å². The van der Waals surface area contributed by atoms with E-state index in [1.165, 1.54) is 25.7 Å². The number of hydrogen-bond donors (Lipinski definition) is 1. The zero-order valence-corrected chi connectivity index (χ0v) is 14.0. The lowest BCUT2D eigenvalue weighted by Gasteiger charge is -2.52. The highest BCUT2D eigenvalue weighted by Crippen LogP contribution is 2.43. The molecule has 0 radical (unpaired) electrons. The highest BCUT2D eigenvalue weighted by Gasteiger charge is 2.42. The van der Waals surface area contributed by atoms with Crippen molar-refractivity contribution in [1.29, 1.82) is 0 Å². The van der Waals surface area contributed by atoms with Crippen LogP contribution in [0.2, 0.25) is 0 Å². The average molecular weight is 269 g/mol. The summed E-state index contributed by atoms with van der Waals surface area (Å²) in [6.07, 6.45) is 5.11. The zero-order chi connectivity index (χ0) is 14.7. The standard InChI is InChI=1S/C16H35N3/c1-7-19(14(2)12-18(5)6)16(13-17)10-8-15(3,4)9-11-16/h14H,7-13,17H2,1-6H3. The minimum atomic E-state index is 0.236. The SMILES string of the molecule is CCN(C(C)CN(C)C)C1(CN)CCC(C)(C)CC1. The summed E-state index contributed by atoms with van der Waals surface area (Å²) < 4.78 is 0. The second-order valence-electron chi connectivity index (χ2n) is 7.49. The van der Waals surface area contributed by atoms with Crippen LogP contribution in [0.1, 0.15) is 53.4 Å². The monoisotopic (exact) mass is 269 g/mol. The third-order valence-corrected chi connectivity index (χ3v) is 5.03. The summed E-state index contributed by atoms with van der Waals surface area (Å²) in [6.45, 7) is 12.4. The first-order chi connectivity index (χ1) is 8.76. The van der Waals surface area contributed by atoms with Crippen molar-refractivity contribution in [2.24, 2.45) is 11.1 Å². The third-order valence-electron chi connectivity index (χ3n) is 5.03. The molecule has 1 saturated carbocycles. The fourth-order valence-electron chi connectivity index (χ4n) is 3.74. The van der Waals surface area contributed by atoms with E-state index < -0.39 is 0 Å². The molecule has 0 aromatic rings. The van der Waals surface area contributed by atoms with Gasteiger partial charge in [0.1, 0.15) is 0 Å².